The van der Waals surface area contributed by atoms with E-state index in [1.807, 2.05) is 6.07 Å². The Labute approximate surface area is 117 Å². The summed E-state index contributed by atoms with van der Waals surface area (Å²) in [5.74, 6) is -0.561. The third-order valence-electron chi connectivity index (χ3n) is 2.32. The number of benzene rings is 2. The van der Waals surface area contributed by atoms with E-state index in [1.54, 1.807) is 24.3 Å². The van der Waals surface area contributed by atoms with Crippen molar-refractivity contribution in [2.45, 2.75) is 0 Å². The molecule has 0 atom stereocenters. The van der Waals surface area contributed by atoms with Crippen LogP contribution in [0.4, 0.5) is 15.8 Å². The molecule has 1 N–H and O–H groups in total. The molecule has 0 fully saturated rings. The fourth-order valence-electron chi connectivity index (χ4n) is 1.48. The van der Waals surface area contributed by atoms with Crippen molar-refractivity contribution >= 4 is 38.9 Å². The number of hydrogen-bond donors (Lipinski definition) is 1. The van der Waals surface area contributed by atoms with Crippen LogP contribution in [0.3, 0.4) is 0 Å². The van der Waals surface area contributed by atoms with Crippen molar-refractivity contribution in [2.24, 2.45) is 0 Å². The minimum atomic E-state index is -0.561. The average molecular weight is 326 g/mol. The molecule has 0 aliphatic carbocycles. The number of halogens is 3. The van der Waals surface area contributed by atoms with Gasteiger partial charge in [0.05, 0.1) is 16.4 Å². The van der Waals surface area contributed by atoms with Gasteiger partial charge in [0.2, 0.25) is 0 Å². The lowest BCUT2D eigenvalue weighted by Gasteiger charge is -2.10. The first-order chi connectivity index (χ1) is 8.61. The van der Waals surface area contributed by atoms with E-state index in [9.17, 15) is 4.39 Å². The summed E-state index contributed by atoms with van der Waals surface area (Å²) in [6.07, 6.45) is 0. The van der Waals surface area contributed by atoms with Gasteiger partial charge in [-0.2, -0.15) is 5.26 Å². The van der Waals surface area contributed by atoms with E-state index in [-0.39, 0.29) is 5.56 Å². The molecule has 0 heterocycles. The smallest absolute Gasteiger partial charge is 0.143 e. The van der Waals surface area contributed by atoms with E-state index in [0.29, 0.717) is 16.4 Å². The van der Waals surface area contributed by atoms with Gasteiger partial charge in [0.25, 0.3) is 0 Å². The van der Waals surface area contributed by atoms with Crippen LogP contribution in [0, 0.1) is 17.1 Å². The first kappa shape index (κ1) is 12.9. The van der Waals surface area contributed by atoms with E-state index in [0.717, 1.165) is 4.47 Å². The van der Waals surface area contributed by atoms with Crippen LogP contribution in [-0.2, 0) is 0 Å². The lowest BCUT2D eigenvalue weighted by molar-refractivity contribution is 0.624. The molecule has 2 nitrogen and oxygen atoms in total. The molecule has 2 aromatic rings. The molecule has 0 aromatic heterocycles. The van der Waals surface area contributed by atoms with Crippen molar-refractivity contribution in [2.75, 3.05) is 5.32 Å². The maximum Gasteiger partial charge on any atom is 0.143 e. The third-order valence-corrected chi connectivity index (χ3v) is 3.15. The van der Waals surface area contributed by atoms with Gasteiger partial charge >= 0.3 is 0 Å². The number of anilines is 2. The molecule has 0 amide bonds. The maximum absolute atomic E-state index is 13.4. The number of hydrogen-bond acceptors (Lipinski definition) is 2. The van der Waals surface area contributed by atoms with Crippen LogP contribution < -0.4 is 5.32 Å². The van der Waals surface area contributed by atoms with Crippen LogP contribution in [0.1, 0.15) is 5.56 Å². The van der Waals surface area contributed by atoms with Crippen molar-refractivity contribution in [3.05, 3.63) is 57.3 Å². The molecular formula is C13H7BrClFN2. The molecule has 18 heavy (non-hydrogen) atoms. The van der Waals surface area contributed by atoms with Gasteiger partial charge < -0.3 is 5.32 Å². The molecule has 0 saturated heterocycles. The number of nitrogens with zero attached hydrogens (tertiary/aromatic N) is 1. The van der Waals surface area contributed by atoms with Crippen molar-refractivity contribution in [3.63, 3.8) is 0 Å². The van der Waals surface area contributed by atoms with E-state index < -0.39 is 5.82 Å². The Kier molecular flexibility index (Phi) is 3.85. The average Bonchev–Trinajstić information content (AvgIpc) is 2.34. The van der Waals surface area contributed by atoms with Gasteiger partial charge in [0.15, 0.2) is 0 Å². The van der Waals surface area contributed by atoms with Gasteiger partial charge in [-0.05, 0) is 30.3 Å². The Hall–Kier alpha value is -1.57. The van der Waals surface area contributed by atoms with Crippen molar-refractivity contribution in [3.8, 4) is 6.07 Å². The predicted molar refractivity (Wildman–Crippen MR) is 73.5 cm³/mol. The normalized spacial score (nSPS) is 9.89. The minimum absolute atomic E-state index is 0.0338. The molecule has 2 rings (SSSR count). The van der Waals surface area contributed by atoms with Crippen LogP contribution in [0.15, 0.2) is 40.9 Å². The van der Waals surface area contributed by atoms with Crippen LogP contribution >= 0.6 is 27.5 Å². The standard InChI is InChI=1S/C13H7BrClFN2/c14-8-4-5-10(15)13(6-8)18-12-3-1-2-11(16)9(12)7-17/h1-6,18H. The van der Waals surface area contributed by atoms with Gasteiger partial charge in [-0.25, -0.2) is 4.39 Å². The van der Waals surface area contributed by atoms with E-state index in [4.69, 9.17) is 16.9 Å². The molecule has 0 bridgehead atoms. The summed E-state index contributed by atoms with van der Waals surface area (Å²) in [6.45, 7) is 0. The molecule has 0 spiro atoms. The summed E-state index contributed by atoms with van der Waals surface area (Å²) < 4.78 is 14.3. The molecule has 0 unspecified atom stereocenters. The molecule has 0 aliphatic rings. The SMILES string of the molecule is N#Cc1c(F)cccc1Nc1cc(Br)ccc1Cl. The Balaban J connectivity index is 2.44. The highest BCUT2D eigenvalue weighted by molar-refractivity contribution is 9.10. The van der Waals surface area contributed by atoms with Gasteiger partial charge in [-0.3, -0.25) is 0 Å². The zero-order valence-electron chi connectivity index (χ0n) is 9.05. The highest BCUT2D eigenvalue weighted by Gasteiger charge is 2.09. The Bertz CT molecular complexity index is 637. The van der Waals surface area contributed by atoms with E-state index in [1.165, 1.54) is 12.1 Å². The van der Waals surface area contributed by atoms with Gasteiger partial charge in [0, 0.05) is 4.47 Å². The fraction of sp³-hybridized carbons (Fsp3) is 0. The first-order valence-electron chi connectivity index (χ1n) is 5.02. The second-order valence-corrected chi connectivity index (χ2v) is 4.85. The van der Waals surface area contributed by atoms with Gasteiger partial charge in [-0.1, -0.05) is 33.6 Å². The Morgan fingerprint density at radius 2 is 2.00 bits per heavy atom. The topological polar surface area (TPSA) is 35.8 Å². The van der Waals surface area contributed by atoms with Gasteiger partial charge in [-0.15, -0.1) is 0 Å². The van der Waals surface area contributed by atoms with Crippen LogP contribution in [0.2, 0.25) is 5.02 Å². The quantitative estimate of drug-likeness (QED) is 0.856. The molecule has 0 radical (unpaired) electrons. The maximum atomic E-state index is 13.4. The molecule has 90 valence electrons. The molecule has 0 saturated carbocycles. The van der Waals surface area contributed by atoms with Crippen molar-refractivity contribution < 1.29 is 4.39 Å². The van der Waals surface area contributed by atoms with Gasteiger partial charge in [0.1, 0.15) is 17.4 Å². The Morgan fingerprint density at radius 1 is 1.22 bits per heavy atom. The monoisotopic (exact) mass is 324 g/mol. The summed E-state index contributed by atoms with van der Waals surface area (Å²) in [7, 11) is 0. The van der Waals surface area contributed by atoms with Crippen molar-refractivity contribution in [1.82, 2.24) is 0 Å². The van der Waals surface area contributed by atoms with Crippen LogP contribution in [-0.4, -0.2) is 0 Å². The molecule has 5 heteroatoms. The first-order valence-corrected chi connectivity index (χ1v) is 6.19. The van der Waals surface area contributed by atoms with E-state index in [2.05, 4.69) is 21.2 Å². The molecule has 0 aliphatic heterocycles. The highest BCUT2D eigenvalue weighted by Crippen LogP contribution is 2.30. The van der Waals surface area contributed by atoms with Crippen LogP contribution in [0.5, 0.6) is 0 Å². The lowest BCUT2D eigenvalue weighted by atomic mass is 10.1. The number of nitrogens with one attached hydrogen (secondary N) is 1. The zero-order valence-corrected chi connectivity index (χ0v) is 11.4. The largest absolute Gasteiger partial charge is 0.353 e. The second kappa shape index (κ2) is 5.38. The second-order valence-electron chi connectivity index (χ2n) is 3.52. The molecule has 2 aromatic carbocycles. The summed E-state index contributed by atoms with van der Waals surface area (Å²) in [5.41, 5.74) is 0.958. The minimum Gasteiger partial charge on any atom is -0.353 e. The van der Waals surface area contributed by atoms with Crippen molar-refractivity contribution in [1.29, 1.82) is 5.26 Å². The van der Waals surface area contributed by atoms with E-state index >= 15 is 0 Å². The zero-order chi connectivity index (χ0) is 13.1. The Morgan fingerprint density at radius 3 is 2.72 bits per heavy atom. The lowest BCUT2D eigenvalue weighted by Crippen LogP contribution is -1.96. The summed E-state index contributed by atoms with van der Waals surface area (Å²) in [4.78, 5) is 0. The summed E-state index contributed by atoms with van der Waals surface area (Å²) in [5, 5.41) is 12.4. The number of rotatable bonds is 2. The fourth-order valence-corrected chi connectivity index (χ4v) is 2.01. The summed E-state index contributed by atoms with van der Waals surface area (Å²) >= 11 is 9.34. The predicted octanol–water partition coefficient (Wildman–Crippen LogP) is 4.86. The third kappa shape index (κ3) is 2.63. The summed E-state index contributed by atoms with van der Waals surface area (Å²) in [6, 6.07) is 11.5. The van der Waals surface area contributed by atoms with Crippen LogP contribution in [0.25, 0.3) is 0 Å². The molecular weight excluding hydrogens is 319 g/mol. The number of nitriles is 1. The highest BCUT2D eigenvalue weighted by atomic mass is 79.9.